The first kappa shape index (κ1) is 17.2. The van der Waals surface area contributed by atoms with E-state index >= 15 is 0 Å². The number of carbonyl (C=O) groups excluding carboxylic acids is 2. The lowest BCUT2D eigenvalue weighted by molar-refractivity contribution is -0.131. The minimum atomic E-state index is -1.17. The average molecular weight is 402 g/mol. The Balaban J connectivity index is 1.84. The van der Waals surface area contributed by atoms with Crippen LogP contribution in [0.5, 0.6) is 5.75 Å². The van der Waals surface area contributed by atoms with Gasteiger partial charge in [0, 0.05) is 4.47 Å². The molecule has 1 fully saturated rings. The first-order chi connectivity index (χ1) is 11.9. The fourth-order valence-electron chi connectivity index (χ4n) is 2.52. The van der Waals surface area contributed by atoms with Gasteiger partial charge in [-0.15, -0.1) is 5.01 Å². The molecule has 128 valence electrons. The van der Waals surface area contributed by atoms with E-state index in [1.54, 1.807) is 38.3 Å². The number of imide groups is 1. The summed E-state index contributed by atoms with van der Waals surface area (Å²) in [5, 5.41) is 7.60. The molecule has 25 heavy (non-hydrogen) atoms. The zero-order valence-corrected chi connectivity index (χ0v) is 15.3. The average Bonchev–Trinajstić information content (AvgIpc) is 2.84. The summed E-state index contributed by atoms with van der Waals surface area (Å²) in [4.78, 5) is 25.0. The second kappa shape index (κ2) is 6.68. The number of benzene rings is 2. The molecule has 1 heterocycles. The lowest BCUT2D eigenvalue weighted by Crippen LogP contribution is -2.40. The molecule has 0 bridgehead atoms. The molecule has 2 aromatic rings. The molecule has 0 aliphatic carbocycles. The number of ether oxygens (including phenoxy) is 1. The highest BCUT2D eigenvalue weighted by Crippen LogP contribution is 2.30. The Hall–Kier alpha value is -2.67. The van der Waals surface area contributed by atoms with Crippen LogP contribution in [-0.2, 0) is 10.3 Å². The third kappa shape index (κ3) is 3.28. The molecule has 3 rings (SSSR count). The van der Waals surface area contributed by atoms with Gasteiger partial charge < -0.3 is 10.1 Å². The summed E-state index contributed by atoms with van der Waals surface area (Å²) in [6.45, 7) is 1.66. The number of hydrogen-bond donors (Lipinski definition) is 1. The van der Waals surface area contributed by atoms with Gasteiger partial charge in [-0.05, 0) is 42.3 Å². The van der Waals surface area contributed by atoms with Gasteiger partial charge in [0.1, 0.15) is 11.3 Å². The van der Waals surface area contributed by atoms with E-state index in [0.29, 0.717) is 11.3 Å². The Labute approximate surface area is 153 Å². The van der Waals surface area contributed by atoms with Crippen LogP contribution in [0.4, 0.5) is 4.79 Å². The van der Waals surface area contributed by atoms with Gasteiger partial charge in [-0.3, -0.25) is 4.79 Å². The lowest BCUT2D eigenvalue weighted by atomic mass is 9.92. The summed E-state index contributed by atoms with van der Waals surface area (Å²) in [5.41, 5.74) is 0.273. The first-order valence-corrected chi connectivity index (χ1v) is 8.34. The standard InChI is InChI=1S/C18H16BrN3O3/c1-18(13-5-9-15(25-2)10-6-13)16(23)22(17(24)21-18)20-11-12-3-7-14(19)8-4-12/h3-11H,1-2H3,(H,21,24)/b20-11+. The molecule has 1 saturated heterocycles. The number of nitrogens with zero attached hydrogens (tertiary/aromatic N) is 2. The maximum absolute atomic E-state index is 12.8. The molecular formula is C18H16BrN3O3. The third-order valence-corrected chi connectivity index (χ3v) is 4.56. The van der Waals surface area contributed by atoms with Gasteiger partial charge in [0.25, 0.3) is 5.91 Å². The van der Waals surface area contributed by atoms with E-state index in [4.69, 9.17) is 4.74 Å². The van der Waals surface area contributed by atoms with E-state index in [0.717, 1.165) is 15.0 Å². The number of nitrogens with one attached hydrogen (secondary N) is 1. The van der Waals surface area contributed by atoms with Crippen molar-refractivity contribution in [1.29, 1.82) is 0 Å². The van der Waals surface area contributed by atoms with Crippen molar-refractivity contribution in [3.8, 4) is 5.75 Å². The van der Waals surface area contributed by atoms with E-state index in [1.807, 2.05) is 24.3 Å². The van der Waals surface area contributed by atoms with Crippen molar-refractivity contribution in [3.05, 3.63) is 64.1 Å². The fraction of sp³-hybridized carbons (Fsp3) is 0.167. The number of rotatable bonds is 4. The van der Waals surface area contributed by atoms with Gasteiger partial charge in [0.2, 0.25) is 0 Å². The van der Waals surface area contributed by atoms with Crippen LogP contribution in [0.15, 0.2) is 58.1 Å². The van der Waals surface area contributed by atoms with Crippen LogP contribution in [0, 0.1) is 0 Å². The highest BCUT2D eigenvalue weighted by Gasteiger charge is 2.49. The van der Waals surface area contributed by atoms with Gasteiger partial charge in [0.05, 0.1) is 13.3 Å². The number of carbonyl (C=O) groups is 2. The molecule has 1 N–H and O–H groups in total. The predicted octanol–water partition coefficient (Wildman–Crippen LogP) is 3.26. The van der Waals surface area contributed by atoms with Gasteiger partial charge in [0.15, 0.2) is 0 Å². The monoisotopic (exact) mass is 401 g/mol. The quantitative estimate of drug-likeness (QED) is 0.631. The van der Waals surface area contributed by atoms with Gasteiger partial charge in [-0.25, -0.2) is 4.79 Å². The van der Waals surface area contributed by atoms with Crippen molar-refractivity contribution in [2.75, 3.05) is 7.11 Å². The normalized spacial score (nSPS) is 20.2. The van der Waals surface area contributed by atoms with E-state index in [2.05, 4.69) is 26.3 Å². The second-order valence-corrected chi connectivity index (χ2v) is 6.61. The summed E-state index contributed by atoms with van der Waals surface area (Å²) < 4.78 is 6.06. The van der Waals surface area contributed by atoms with Crippen LogP contribution in [0.2, 0.25) is 0 Å². The highest BCUT2D eigenvalue weighted by molar-refractivity contribution is 9.10. The Morgan fingerprint density at radius 1 is 1.12 bits per heavy atom. The number of amides is 3. The van der Waals surface area contributed by atoms with Crippen molar-refractivity contribution in [2.45, 2.75) is 12.5 Å². The topological polar surface area (TPSA) is 71.0 Å². The number of methoxy groups -OCH3 is 1. The van der Waals surface area contributed by atoms with E-state index in [-0.39, 0.29) is 0 Å². The van der Waals surface area contributed by atoms with Crippen molar-refractivity contribution in [3.63, 3.8) is 0 Å². The Morgan fingerprint density at radius 2 is 1.76 bits per heavy atom. The maximum atomic E-state index is 12.8. The van der Waals surface area contributed by atoms with E-state index < -0.39 is 17.5 Å². The minimum Gasteiger partial charge on any atom is -0.497 e. The largest absolute Gasteiger partial charge is 0.497 e. The van der Waals surface area contributed by atoms with Crippen LogP contribution in [0.25, 0.3) is 0 Å². The molecule has 0 radical (unpaired) electrons. The number of hydrogen-bond acceptors (Lipinski definition) is 4. The van der Waals surface area contributed by atoms with Crippen molar-refractivity contribution < 1.29 is 14.3 Å². The van der Waals surface area contributed by atoms with Gasteiger partial charge >= 0.3 is 6.03 Å². The van der Waals surface area contributed by atoms with Crippen molar-refractivity contribution in [1.82, 2.24) is 10.3 Å². The summed E-state index contributed by atoms with van der Waals surface area (Å²) >= 11 is 3.35. The Kier molecular flexibility index (Phi) is 4.59. The zero-order chi connectivity index (χ0) is 18.0. The molecule has 0 aromatic heterocycles. The molecule has 2 aromatic carbocycles. The lowest BCUT2D eigenvalue weighted by Gasteiger charge is -2.21. The number of hydrazone groups is 1. The SMILES string of the molecule is COc1ccc(C2(C)NC(=O)N(/N=C/c3ccc(Br)cc3)C2=O)cc1. The number of urea groups is 1. The maximum Gasteiger partial charge on any atom is 0.346 e. The van der Waals surface area contributed by atoms with Crippen LogP contribution < -0.4 is 10.1 Å². The Bertz CT molecular complexity index is 834. The van der Waals surface area contributed by atoms with Crippen LogP contribution >= 0.6 is 15.9 Å². The van der Waals surface area contributed by atoms with Crippen LogP contribution in [0.3, 0.4) is 0 Å². The first-order valence-electron chi connectivity index (χ1n) is 7.55. The molecule has 7 heteroatoms. The molecule has 1 aliphatic heterocycles. The summed E-state index contributed by atoms with van der Waals surface area (Å²) in [6.07, 6.45) is 1.48. The smallest absolute Gasteiger partial charge is 0.346 e. The third-order valence-electron chi connectivity index (χ3n) is 4.03. The molecule has 3 amide bonds. The van der Waals surface area contributed by atoms with Crippen LogP contribution in [0.1, 0.15) is 18.1 Å². The van der Waals surface area contributed by atoms with Crippen molar-refractivity contribution in [2.24, 2.45) is 5.10 Å². The van der Waals surface area contributed by atoms with E-state index in [1.165, 1.54) is 6.21 Å². The molecular weight excluding hydrogens is 386 g/mol. The molecule has 0 spiro atoms. The minimum absolute atomic E-state index is 0.434. The van der Waals surface area contributed by atoms with Crippen molar-refractivity contribution >= 4 is 34.1 Å². The molecule has 1 unspecified atom stereocenters. The molecule has 6 nitrogen and oxygen atoms in total. The second-order valence-electron chi connectivity index (χ2n) is 5.70. The van der Waals surface area contributed by atoms with Crippen LogP contribution in [-0.4, -0.2) is 30.3 Å². The summed E-state index contributed by atoms with van der Waals surface area (Å²) in [7, 11) is 1.57. The zero-order valence-electron chi connectivity index (χ0n) is 13.7. The number of halogens is 1. The Morgan fingerprint density at radius 3 is 2.36 bits per heavy atom. The fourth-order valence-corrected chi connectivity index (χ4v) is 2.79. The summed E-state index contributed by atoms with van der Waals surface area (Å²) in [5.74, 6) is 0.241. The van der Waals surface area contributed by atoms with Gasteiger partial charge in [-0.1, -0.05) is 40.2 Å². The molecule has 0 saturated carbocycles. The van der Waals surface area contributed by atoms with Gasteiger partial charge in [-0.2, -0.15) is 5.10 Å². The molecule has 1 aliphatic rings. The predicted molar refractivity (Wildman–Crippen MR) is 97.5 cm³/mol. The highest BCUT2D eigenvalue weighted by atomic mass is 79.9. The van der Waals surface area contributed by atoms with E-state index in [9.17, 15) is 9.59 Å². The summed E-state index contributed by atoms with van der Waals surface area (Å²) in [6, 6.07) is 13.8. The molecule has 1 atom stereocenters.